The summed E-state index contributed by atoms with van der Waals surface area (Å²) in [6.45, 7) is 7.19. The molecular weight excluding hydrogens is 224 g/mol. The Hall–Kier alpha value is -1.61. The molecule has 0 amide bonds. The van der Waals surface area contributed by atoms with Gasteiger partial charge in [0.05, 0.1) is 6.04 Å². The zero-order chi connectivity index (χ0) is 13.0. The van der Waals surface area contributed by atoms with Crippen molar-refractivity contribution in [3.05, 3.63) is 53.2 Å². The number of hydrogen-bond acceptors (Lipinski definition) is 3. The number of furan rings is 1. The van der Waals surface area contributed by atoms with Crippen molar-refractivity contribution in [1.29, 1.82) is 0 Å². The van der Waals surface area contributed by atoms with Crippen LogP contribution in [0.4, 0.5) is 0 Å². The van der Waals surface area contributed by atoms with E-state index in [9.17, 15) is 0 Å². The first-order valence-corrected chi connectivity index (χ1v) is 6.48. The predicted octanol–water partition coefficient (Wildman–Crippen LogP) is 3.24. The van der Waals surface area contributed by atoms with E-state index in [4.69, 9.17) is 4.42 Å². The van der Waals surface area contributed by atoms with Gasteiger partial charge in [0, 0.05) is 18.8 Å². The molecule has 0 aliphatic rings. The van der Waals surface area contributed by atoms with Crippen molar-refractivity contribution in [2.45, 2.75) is 33.2 Å². The van der Waals surface area contributed by atoms with Crippen LogP contribution in [-0.4, -0.2) is 11.5 Å². The molecule has 0 saturated carbocycles. The summed E-state index contributed by atoms with van der Waals surface area (Å²) in [5, 5.41) is 3.46. The number of aromatic nitrogens is 1. The molecule has 0 aliphatic heterocycles. The van der Waals surface area contributed by atoms with Crippen molar-refractivity contribution >= 4 is 0 Å². The largest absolute Gasteiger partial charge is 0.464 e. The van der Waals surface area contributed by atoms with Crippen LogP contribution in [-0.2, 0) is 6.42 Å². The third-order valence-electron chi connectivity index (χ3n) is 3.11. The number of pyridine rings is 1. The van der Waals surface area contributed by atoms with Crippen LogP contribution >= 0.6 is 0 Å². The second-order valence-electron chi connectivity index (χ2n) is 4.38. The fraction of sp³-hybridized carbons (Fsp3) is 0.400. The van der Waals surface area contributed by atoms with E-state index in [1.54, 1.807) is 0 Å². The maximum absolute atomic E-state index is 5.87. The number of nitrogens with one attached hydrogen (secondary N) is 1. The normalized spacial score (nSPS) is 12.6. The second kappa shape index (κ2) is 5.83. The van der Waals surface area contributed by atoms with E-state index in [2.05, 4.69) is 37.1 Å². The number of hydrogen-bond donors (Lipinski definition) is 1. The van der Waals surface area contributed by atoms with Gasteiger partial charge in [-0.05, 0) is 42.8 Å². The third-order valence-corrected chi connectivity index (χ3v) is 3.11. The number of aryl methyl sites for hydroxylation is 2. The minimum Gasteiger partial charge on any atom is -0.464 e. The predicted molar refractivity (Wildman–Crippen MR) is 72.6 cm³/mol. The van der Waals surface area contributed by atoms with Crippen LogP contribution in [0, 0.1) is 6.92 Å². The van der Waals surface area contributed by atoms with Crippen molar-refractivity contribution in [1.82, 2.24) is 10.3 Å². The van der Waals surface area contributed by atoms with Gasteiger partial charge < -0.3 is 9.73 Å². The summed E-state index contributed by atoms with van der Waals surface area (Å²) in [4.78, 5) is 4.22. The van der Waals surface area contributed by atoms with Crippen LogP contribution in [0.1, 0.15) is 42.5 Å². The Kier molecular flexibility index (Phi) is 4.15. The Morgan fingerprint density at radius 3 is 2.72 bits per heavy atom. The van der Waals surface area contributed by atoms with E-state index in [0.29, 0.717) is 0 Å². The van der Waals surface area contributed by atoms with Gasteiger partial charge in [0.2, 0.25) is 0 Å². The van der Waals surface area contributed by atoms with E-state index in [1.165, 1.54) is 11.1 Å². The molecule has 2 aromatic rings. The van der Waals surface area contributed by atoms with Crippen LogP contribution in [0.3, 0.4) is 0 Å². The lowest BCUT2D eigenvalue weighted by molar-refractivity contribution is 0.425. The lowest BCUT2D eigenvalue weighted by atomic mass is 10.0. The zero-order valence-electron chi connectivity index (χ0n) is 11.2. The second-order valence-corrected chi connectivity index (χ2v) is 4.38. The third kappa shape index (κ3) is 2.62. The molecule has 96 valence electrons. The monoisotopic (exact) mass is 244 g/mol. The van der Waals surface area contributed by atoms with Gasteiger partial charge in [-0.15, -0.1) is 0 Å². The number of rotatable bonds is 5. The molecule has 3 heteroatoms. The van der Waals surface area contributed by atoms with Crippen LogP contribution in [0.5, 0.6) is 0 Å². The zero-order valence-corrected chi connectivity index (χ0v) is 11.2. The van der Waals surface area contributed by atoms with Crippen molar-refractivity contribution < 1.29 is 4.42 Å². The topological polar surface area (TPSA) is 38.1 Å². The Morgan fingerprint density at radius 2 is 2.11 bits per heavy atom. The Morgan fingerprint density at radius 1 is 1.28 bits per heavy atom. The molecule has 0 saturated heterocycles. The van der Waals surface area contributed by atoms with Crippen LogP contribution < -0.4 is 5.32 Å². The molecule has 18 heavy (non-hydrogen) atoms. The summed E-state index contributed by atoms with van der Waals surface area (Å²) in [6.07, 6.45) is 4.66. The lowest BCUT2D eigenvalue weighted by Crippen LogP contribution is -2.22. The summed E-state index contributed by atoms with van der Waals surface area (Å²) in [5.41, 5.74) is 2.40. The van der Waals surface area contributed by atoms with Gasteiger partial charge in [-0.25, -0.2) is 0 Å². The molecule has 0 aliphatic carbocycles. The van der Waals surface area contributed by atoms with Crippen molar-refractivity contribution in [3.8, 4) is 0 Å². The molecule has 0 fully saturated rings. The highest BCUT2D eigenvalue weighted by molar-refractivity contribution is 5.31. The summed E-state index contributed by atoms with van der Waals surface area (Å²) in [7, 11) is 0. The highest BCUT2D eigenvalue weighted by Gasteiger charge is 2.18. The molecule has 0 aromatic carbocycles. The summed E-state index contributed by atoms with van der Waals surface area (Å²) in [6, 6.07) is 6.22. The maximum atomic E-state index is 5.87. The van der Waals surface area contributed by atoms with Crippen molar-refractivity contribution in [2.24, 2.45) is 0 Å². The Bertz CT molecular complexity index is 505. The van der Waals surface area contributed by atoms with Gasteiger partial charge in [0.15, 0.2) is 0 Å². The molecule has 2 rings (SSSR count). The first-order chi connectivity index (χ1) is 8.76. The highest BCUT2D eigenvalue weighted by atomic mass is 16.3. The van der Waals surface area contributed by atoms with E-state index < -0.39 is 0 Å². The van der Waals surface area contributed by atoms with Crippen LogP contribution in [0.15, 0.2) is 35.0 Å². The Balaban J connectivity index is 2.36. The smallest absolute Gasteiger partial charge is 0.125 e. The average Bonchev–Trinajstić information content (AvgIpc) is 2.85. The van der Waals surface area contributed by atoms with Gasteiger partial charge in [0.1, 0.15) is 11.5 Å². The lowest BCUT2D eigenvalue weighted by Gasteiger charge is -2.17. The van der Waals surface area contributed by atoms with Gasteiger partial charge in [0.25, 0.3) is 0 Å². The quantitative estimate of drug-likeness (QED) is 0.877. The van der Waals surface area contributed by atoms with E-state index >= 15 is 0 Å². The molecule has 1 N–H and O–H groups in total. The van der Waals surface area contributed by atoms with E-state index in [0.717, 1.165) is 24.5 Å². The van der Waals surface area contributed by atoms with Gasteiger partial charge in [-0.3, -0.25) is 4.98 Å². The van der Waals surface area contributed by atoms with Gasteiger partial charge in [-0.2, -0.15) is 0 Å². The number of nitrogens with zero attached hydrogens (tertiary/aromatic N) is 1. The molecule has 2 aromatic heterocycles. The molecule has 0 spiro atoms. The highest BCUT2D eigenvalue weighted by Crippen LogP contribution is 2.25. The molecule has 2 heterocycles. The molecule has 1 atom stereocenters. The van der Waals surface area contributed by atoms with Crippen LogP contribution in [0.25, 0.3) is 0 Å². The average molecular weight is 244 g/mol. The first-order valence-electron chi connectivity index (χ1n) is 6.48. The molecular formula is C15H20N2O. The van der Waals surface area contributed by atoms with Crippen molar-refractivity contribution in [2.75, 3.05) is 6.54 Å². The Labute approximate surface area is 108 Å². The van der Waals surface area contributed by atoms with E-state index in [1.807, 2.05) is 24.5 Å². The maximum Gasteiger partial charge on any atom is 0.125 e. The molecule has 0 radical (unpaired) electrons. The fourth-order valence-electron chi connectivity index (χ4n) is 2.09. The van der Waals surface area contributed by atoms with Gasteiger partial charge >= 0.3 is 0 Å². The molecule has 3 nitrogen and oxygen atoms in total. The summed E-state index contributed by atoms with van der Waals surface area (Å²) in [5.74, 6) is 1.99. The van der Waals surface area contributed by atoms with Crippen molar-refractivity contribution in [3.63, 3.8) is 0 Å². The SMILES string of the molecule is CCNC(c1ccc(CC)o1)c1cnccc1C. The summed E-state index contributed by atoms with van der Waals surface area (Å²) < 4.78 is 5.87. The van der Waals surface area contributed by atoms with Gasteiger partial charge in [-0.1, -0.05) is 13.8 Å². The minimum absolute atomic E-state index is 0.0870. The standard InChI is InChI=1S/C15H20N2O/c1-4-12-6-7-14(18-12)15(17-5-2)13-10-16-9-8-11(13)3/h6-10,15,17H,4-5H2,1-3H3. The minimum atomic E-state index is 0.0870. The van der Waals surface area contributed by atoms with Crippen LogP contribution in [0.2, 0.25) is 0 Å². The first kappa shape index (κ1) is 12.8. The summed E-state index contributed by atoms with van der Waals surface area (Å²) >= 11 is 0. The molecule has 1 unspecified atom stereocenters. The molecule has 0 bridgehead atoms. The fourth-order valence-corrected chi connectivity index (χ4v) is 2.09. The van der Waals surface area contributed by atoms with E-state index in [-0.39, 0.29) is 6.04 Å².